The molecule has 4 rings (SSSR count). The molecule has 0 atom stereocenters. The fourth-order valence-electron chi connectivity index (χ4n) is 3.31. The van der Waals surface area contributed by atoms with Gasteiger partial charge < -0.3 is 9.80 Å². The lowest BCUT2D eigenvalue weighted by Gasteiger charge is -2.35. The summed E-state index contributed by atoms with van der Waals surface area (Å²) in [6, 6.07) is 7.05. The highest BCUT2D eigenvalue weighted by atomic mass is 32.2. The van der Waals surface area contributed by atoms with E-state index in [1.807, 2.05) is 4.90 Å². The standard InChI is InChI=1S/C21H18F6N6S/c22-20(23,24)15-4-2-14(3-5-15)13-34-19-30-16(21(25,26)27)12-17(31-19)32-8-10-33(11-9-32)18-28-6-1-7-29-18/h1-7,12H,8-11,13H2. The van der Waals surface area contributed by atoms with Crippen molar-refractivity contribution < 1.29 is 26.3 Å². The molecule has 0 saturated carbocycles. The first-order valence-corrected chi connectivity index (χ1v) is 11.1. The minimum atomic E-state index is -4.67. The van der Waals surface area contributed by atoms with E-state index in [1.165, 1.54) is 12.1 Å². The monoisotopic (exact) mass is 500 g/mol. The molecule has 6 nitrogen and oxygen atoms in total. The molecule has 34 heavy (non-hydrogen) atoms. The molecule has 0 radical (unpaired) electrons. The number of alkyl halides is 6. The Morgan fingerprint density at radius 2 is 1.41 bits per heavy atom. The molecule has 180 valence electrons. The van der Waals surface area contributed by atoms with Gasteiger partial charge in [-0.3, -0.25) is 0 Å². The molecule has 1 saturated heterocycles. The number of halogens is 6. The van der Waals surface area contributed by atoms with Gasteiger partial charge in [-0.15, -0.1) is 0 Å². The number of hydrogen-bond acceptors (Lipinski definition) is 7. The van der Waals surface area contributed by atoms with Crippen LogP contribution >= 0.6 is 11.8 Å². The van der Waals surface area contributed by atoms with E-state index in [2.05, 4.69) is 19.9 Å². The quantitative estimate of drug-likeness (QED) is 0.280. The van der Waals surface area contributed by atoms with E-state index in [-0.39, 0.29) is 16.7 Å². The number of piperazine rings is 1. The number of benzene rings is 1. The molecule has 13 heteroatoms. The largest absolute Gasteiger partial charge is 0.433 e. The Bertz CT molecular complexity index is 1100. The number of hydrogen-bond donors (Lipinski definition) is 0. The Morgan fingerprint density at radius 1 is 0.794 bits per heavy atom. The Morgan fingerprint density at radius 3 is 2.00 bits per heavy atom. The van der Waals surface area contributed by atoms with Crippen LogP contribution in [0.2, 0.25) is 0 Å². The lowest BCUT2D eigenvalue weighted by Crippen LogP contribution is -2.47. The summed E-state index contributed by atoms with van der Waals surface area (Å²) in [5, 5.41) is -0.0986. The minimum Gasteiger partial charge on any atom is -0.353 e. The number of anilines is 2. The van der Waals surface area contributed by atoms with Gasteiger partial charge in [-0.2, -0.15) is 26.3 Å². The van der Waals surface area contributed by atoms with E-state index >= 15 is 0 Å². The topological polar surface area (TPSA) is 58.0 Å². The molecule has 3 heterocycles. The van der Waals surface area contributed by atoms with Crippen molar-refractivity contribution in [1.82, 2.24) is 19.9 Å². The summed E-state index contributed by atoms with van der Waals surface area (Å²) in [5.41, 5.74) is -1.35. The number of aromatic nitrogens is 4. The van der Waals surface area contributed by atoms with Crippen LogP contribution in [-0.4, -0.2) is 46.1 Å². The summed E-state index contributed by atoms with van der Waals surface area (Å²) in [4.78, 5) is 20.0. The van der Waals surface area contributed by atoms with Gasteiger partial charge in [0, 0.05) is 50.4 Å². The van der Waals surface area contributed by atoms with Crippen molar-refractivity contribution in [3.05, 3.63) is 65.6 Å². The Hall–Kier alpha value is -3.09. The lowest BCUT2D eigenvalue weighted by molar-refractivity contribution is -0.141. The van der Waals surface area contributed by atoms with Gasteiger partial charge in [-0.05, 0) is 23.8 Å². The Balaban J connectivity index is 1.48. The maximum atomic E-state index is 13.5. The average molecular weight is 500 g/mol. The first-order valence-electron chi connectivity index (χ1n) is 10.1. The van der Waals surface area contributed by atoms with E-state index in [4.69, 9.17) is 0 Å². The number of nitrogens with zero attached hydrogens (tertiary/aromatic N) is 6. The molecule has 0 spiro atoms. The summed E-state index contributed by atoms with van der Waals surface area (Å²) in [5.74, 6) is 0.817. The van der Waals surface area contributed by atoms with Crippen molar-refractivity contribution in [2.24, 2.45) is 0 Å². The molecule has 3 aromatic rings. The van der Waals surface area contributed by atoms with Crippen LogP contribution < -0.4 is 9.80 Å². The fraction of sp³-hybridized carbons (Fsp3) is 0.333. The highest BCUT2D eigenvalue weighted by molar-refractivity contribution is 7.98. The second-order valence-corrected chi connectivity index (χ2v) is 8.34. The third-order valence-corrected chi connectivity index (χ3v) is 5.99. The van der Waals surface area contributed by atoms with Gasteiger partial charge in [0.15, 0.2) is 10.9 Å². The Labute approximate surface area is 195 Å². The van der Waals surface area contributed by atoms with Gasteiger partial charge in [-0.25, -0.2) is 19.9 Å². The number of thioether (sulfide) groups is 1. The predicted octanol–water partition coefficient (Wildman–Crippen LogP) is 4.92. The van der Waals surface area contributed by atoms with Crippen molar-refractivity contribution in [1.29, 1.82) is 0 Å². The van der Waals surface area contributed by atoms with Crippen molar-refractivity contribution >= 4 is 23.5 Å². The van der Waals surface area contributed by atoms with E-state index in [0.717, 1.165) is 30.0 Å². The fourth-order valence-corrected chi connectivity index (χ4v) is 4.12. The zero-order valence-corrected chi connectivity index (χ0v) is 18.3. The second-order valence-electron chi connectivity index (χ2n) is 7.40. The highest BCUT2D eigenvalue weighted by Gasteiger charge is 2.35. The van der Waals surface area contributed by atoms with Crippen LogP contribution in [0.25, 0.3) is 0 Å². The van der Waals surface area contributed by atoms with Crippen molar-refractivity contribution in [2.45, 2.75) is 23.3 Å². The van der Waals surface area contributed by atoms with Gasteiger partial charge in [0.25, 0.3) is 0 Å². The SMILES string of the molecule is FC(F)(F)c1ccc(CSc2nc(N3CCN(c4ncccn4)CC3)cc(C(F)(F)F)n2)cc1. The van der Waals surface area contributed by atoms with E-state index < -0.39 is 23.6 Å². The molecule has 0 unspecified atom stereocenters. The summed E-state index contributed by atoms with van der Waals surface area (Å²) in [6.45, 7) is 1.83. The molecule has 1 aromatic carbocycles. The highest BCUT2D eigenvalue weighted by Crippen LogP contribution is 2.33. The second kappa shape index (κ2) is 9.65. The summed E-state index contributed by atoms with van der Waals surface area (Å²) in [7, 11) is 0. The molecule has 1 aliphatic heterocycles. The first-order chi connectivity index (χ1) is 16.1. The van der Waals surface area contributed by atoms with E-state index in [0.29, 0.717) is 37.7 Å². The summed E-state index contributed by atoms with van der Waals surface area (Å²) >= 11 is 0.932. The van der Waals surface area contributed by atoms with Crippen molar-refractivity contribution in [3.8, 4) is 0 Å². The van der Waals surface area contributed by atoms with Crippen LogP contribution in [-0.2, 0) is 18.1 Å². The normalized spacial score (nSPS) is 15.0. The van der Waals surface area contributed by atoms with Gasteiger partial charge >= 0.3 is 12.4 Å². The van der Waals surface area contributed by atoms with Crippen molar-refractivity contribution in [2.75, 3.05) is 36.0 Å². The molecule has 2 aromatic heterocycles. The molecule has 0 N–H and O–H groups in total. The van der Waals surface area contributed by atoms with Crippen LogP contribution in [0.15, 0.2) is 53.9 Å². The molecular formula is C21H18F6N6S. The molecule has 1 aliphatic rings. The van der Waals surface area contributed by atoms with Crippen LogP contribution in [0.5, 0.6) is 0 Å². The zero-order chi connectivity index (χ0) is 24.3. The molecular weight excluding hydrogens is 482 g/mol. The summed E-state index contributed by atoms with van der Waals surface area (Å²) < 4.78 is 78.6. The average Bonchev–Trinajstić information content (AvgIpc) is 2.82. The molecule has 0 aliphatic carbocycles. The maximum Gasteiger partial charge on any atom is 0.433 e. The van der Waals surface area contributed by atoms with E-state index in [1.54, 1.807) is 23.4 Å². The Kier molecular flexibility index (Phi) is 6.82. The first kappa shape index (κ1) is 24.0. The predicted molar refractivity (Wildman–Crippen MR) is 114 cm³/mol. The zero-order valence-electron chi connectivity index (χ0n) is 17.5. The smallest absolute Gasteiger partial charge is 0.353 e. The van der Waals surface area contributed by atoms with Gasteiger partial charge in [0.05, 0.1) is 5.56 Å². The van der Waals surface area contributed by atoms with Crippen LogP contribution in [0.4, 0.5) is 38.1 Å². The minimum absolute atomic E-state index is 0.0986. The third-order valence-electron chi connectivity index (χ3n) is 5.07. The lowest BCUT2D eigenvalue weighted by atomic mass is 10.1. The number of rotatable bonds is 5. The van der Waals surface area contributed by atoms with Crippen LogP contribution in [0.1, 0.15) is 16.8 Å². The maximum absolute atomic E-state index is 13.5. The van der Waals surface area contributed by atoms with Crippen LogP contribution in [0.3, 0.4) is 0 Å². The van der Waals surface area contributed by atoms with Gasteiger partial charge in [0.2, 0.25) is 5.95 Å². The molecule has 1 fully saturated rings. The third kappa shape index (κ3) is 5.88. The molecule has 0 amide bonds. The summed E-state index contributed by atoms with van der Waals surface area (Å²) in [6.07, 6.45) is -5.88. The van der Waals surface area contributed by atoms with Gasteiger partial charge in [-0.1, -0.05) is 23.9 Å². The van der Waals surface area contributed by atoms with Gasteiger partial charge in [0.1, 0.15) is 5.82 Å². The molecule has 0 bridgehead atoms. The van der Waals surface area contributed by atoms with Crippen LogP contribution in [0, 0.1) is 0 Å². The van der Waals surface area contributed by atoms with Crippen molar-refractivity contribution in [3.63, 3.8) is 0 Å². The van der Waals surface area contributed by atoms with E-state index in [9.17, 15) is 26.3 Å².